The number of nitrogens with one attached hydrogen (secondary N) is 2. The molecular formula is C17H18N4OS. The van der Waals surface area contributed by atoms with Crippen LogP contribution in [-0.4, -0.2) is 10.9 Å². The summed E-state index contributed by atoms with van der Waals surface area (Å²) in [7, 11) is 0. The summed E-state index contributed by atoms with van der Waals surface area (Å²) in [6.45, 7) is 6.07. The van der Waals surface area contributed by atoms with E-state index in [4.69, 9.17) is 0 Å². The average molecular weight is 326 g/mol. The second kappa shape index (κ2) is 7.56. The highest BCUT2D eigenvalue weighted by atomic mass is 32.1. The van der Waals surface area contributed by atoms with E-state index in [0.717, 1.165) is 16.8 Å². The summed E-state index contributed by atoms with van der Waals surface area (Å²) in [4.78, 5) is 16.4. The van der Waals surface area contributed by atoms with Crippen LogP contribution in [0.25, 0.3) is 0 Å². The molecule has 0 spiro atoms. The fraction of sp³-hybridized carbons (Fsp3) is 0.235. The number of aryl methyl sites for hydroxylation is 1. The van der Waals surface area contributed by atoms with Crippen molar-refractivity contribution in [3.63, 3.8) is 0 Å². The quantitative estimate of drug-likeness (QED) is 0.642. The Balaban J connectivity index is 2.21. The lowest BCUT2D eigenvalue weighted by molar-refractivity contribution is -0.112. The van der Waals surface area contributed by atoms with Crippen molar-refractivity contribution in [2.45, 2.75) is 26.7 Å². The largest absolute Gasteiger partial charge is 0.337 e. The fourth-order valence-electron chi connectivity index (χ4n) is 2.10. The highest BCUT2D eigenvalue weighted by Gasteiger charge is 2.15. The molecule has 1 aromatic carbocycles. The molecule has 2 rings (SSSR count). The van der Waals surface area contributed by atoms with E-state index in [-0.39, 0.29) is 11.5 Å². The van der Waals surface area contributed by atoms with Gasteiger partial charge in [-0.1, -0.05) is 32.0 Å². The molecule has 0 radical (unpaired) electrons. The maximum atomic E-state index is 12.4. The Morgan fingerprint density at radius 1 is 1.43 bits per heavy atom. The molecule has 6 heteroatoms. The number of benzene rings is 1. The van der Waals surface area contributed by atoms with Crippen molar-refractivity contribution < 1.29 is 4.79 Å². The summed E-state index contributed by atoms with van der Waals surface area (Å²) < 4.78 is 0. The van der Waals surface area contributed by atoms with Gasteiger partial charge in [-0.3, -0.25) is 4.79 Å². The van der Waals surface area contributed by atoms with Crippen LogP contribution in [0.2, 0.25) is 0 Å². The third-order valence-corrected chi connectivity index (χ3v) is 4.01. The van der Waals surface area contributed by atoms with Crippen molar-refractivity contribution in [2.75, 3.05) is 10.6 Å². The molecule has 0 aliphatic rings. The summed E-state index contributed by atoms with van der Waals surface area (Å²) in [5, 5.41) is 17.4. The van der Waals surface area contributed by atoms with E-state index in [1.165, 1.54) is 17.5 Å². The van der Waals surface area contributed by atoms with Crippen molar-refractivity contribution in [2.24, 2.45) is 0 Å². The second-order valence-corrected chi connectivity index (χ2v) is 6.19. The van der Waals surface area contributed by atoms with Crippen molar-refractivity contribution >= 4 is 28.1 Å². The summed E-state index contributed by atoms with van der Waals surface area (Å²) in [5.74, 6) is -0.166. The van der Waals surface area contributed by atoms with Crippen LogP contribution in [0.5, 0.6) is 0 Å². The Labute approximate surface area is 139 Å². The number of amides is 1. The van der Waals surface area contributed by atoms with Crippen LogP contribution in [0.4, 0.5) is 10.8 Å². The Morgan fingerprint density at radius 3 is 2.83 bits per heavy atom. The summed E-state index contributed by atoms with van der Waals surface area (Å²) in [6, 6.07) is 7.80. The number of carbonyl (C=O) groups is 1. The number of rotatable bonds is 5. The molecule has 2 aromatic rings. The molecule has 2 N–H and O–H groups in total. The normalized spacial score (nSPS) is 11.2. The number of para-hydroxylation sites is 1. The van der Waals surface area contributed by atoms with Gasteiger partial charge >= 0.3 is 0 Å². The van der Waals surface area contributed by atoms with Gasteiger partial charge in [0.15, 0.2) is 5.13 Å². The van der Waals surface area contributed by atoms with Gasteiger partial charge in [0.25, 0.3) is 5.91 Å². The molecular weight excluding hydrogens is 308 g/mol. The van der Waals surface area contributed by atoms with Crippen LogP contribution in [0, 0.1) is 18.3 Å². The molecule has 1 amide bonds. The summed E-state index contributed by atoms with van der Waals surface area (Å²) in [6.07, 6.45) is 3.02. The predicted octanol–water partition coefficient (Wildman–Crippen LogP) is 4.03. The van der Waals surface area contributed by atoms with Crippen LogP contribution >= 0.6 is 11.3 Å². The van der Waals surface area contributed by atoms with E-state index in [9.17, 15) is 10.1 Å². The minimum atomic E-state index is -0.437. The van der Waals surface area contributed by atoms with Crippen LogP contribution in [0.1, 0.15) is 30.9 Å². The van der Waals surface area contributed by atoms with E-state index < -0.39 is 5.91 Å². The summed E-state index contributed by atoms with van der Waals surface area (Å²) >= 11 is 1.39. The third-order valence-electron chi connectivity index (χ3n) is 3.30. The molecule has 1 heterocycles. The number of thiazole rings is 1. The smallest absolute Gasteiger partial charge is 0.267 e. The zero-order chi connectivity index (χ0) is 16.8. The molecule has 0 atom stereocenters. The molecule has 0 aliphatic carbocycles. The van der Waals surface area contributed by atoms with Crippen molar-refractivity contribution in [3.8, 4) is 6.07 Å². The van der Waals surface area contributed by atoms with Crippen LogP contribution < -0.4 is 10.6 Å². The molecule has 0 aliphatic heterocycles. The number of nitriles is 1. The van der Waals surface area contributed by atoms with Crippen LogP contribution in [0.15, 0.2) is 41.5 Å². The van der Waals surface area contributed by atoms with Crippen molar-refractivity contribution in [1.82, 2.24) is 4.98 Å². The SMILES string of the molecule is Cc1cccc(C(C)C)c1NC(=O)/C(C#N)=C\Nc1nccs1. The minimum absolute atomic E-state index is 0.00170. The molecule has 0 saturated carbocycles. The van der Waals surface area contributed by atoms with Gasteiger partial charge < -0.3 is 10.6 Å². The number of hydrogen-bond donors (Lipinski definition) is 2. The first-order valence-corrected chi connectivity index (χ1v) is 8.08. The van der Waals surface area contributed by atoms with E-state index in [1.807, 2.05) is 36.6 Å². The van der Waals surface area contributed by atoms with Gasteiger partial charge in [-0.25, -0.2) is 4.98 Å². The van der Waals surface area contributed by atoms with E-state index >= 15 is 0 Å². The predicted molar refractivity (Wildman–Crippen MR) is 93.3 cm³/mol. The first-order valence-electron chi connectivity index (χ1n) is 7.20. The topological polar surface area (TPSA) is 77.8 Å². The molecule has 1 aromatic heterocycles. The lowest BCUT2D eigenvalue weighted by Crippen LogP contribution is -2.17. The monoisotopic (exact) mass is 326 g/mol. The number of carbonyl (C=O) groups excluding carboxylic acids is 1. The highest BCUT2D eigenvalue weighted by molar-refractivity contribution is 7.13. The van der Waals surface area contributed by atoms with Crippen LogP contribution in [-0.2, 0) is 4.79 Å². The average Bonchev–Trinajstić information content (AvgIpc) is 3.03. The van der Waals surface area contributed by atoms with E-state index in [2.05, 4.69) is 29.5 Å². The number of anilines is 2. The third kappa shape index (κ3) is 4.18. The molecule has 5 nitrogen and oxygen atoms in total. The first-order chi connectivity index (χ1) is 11.0. The minimum Gasteiger partial charge on any atom is -0.337 e. The van der Waals surface area contributed by atoms with Gasteiger partial charge in [0.05, 0.1) is 0 Å². The highest BCUT2D eigenvalue weighted by Crippen LogP contribution is 2.27. The maximum Gasteiger partial charge on any atom is 0.267 e. The van der Waals surface area contributed by atoms with Gasteiger partial charge in [-0.15, -0.1) is 11.3 Å². The number of nitrogens with zero attached hydrogens (tertiary/aromatic N) is 2. The Bertz CT molecular complexity index is 757. The zero-order valence-electron chi connectivity index (χ0n) is 13.3. The van der Waals surface area contributed by atoms with Gasteiger partial charge in [-0.2, -0.15) is 5.26 Å². The molecule has 0 bridgehead atoms. The zero-order valence-corrected chi connectivity index (χ0v) is 14.1. The molecule has 0 fully saturated rings. The van der Waals surface area contributed by atoms with Gasteiger partial charge in [0, 0.05) is 23.5 Å². The van der Waals surface area contributed by atoms with E-state index in [1.54, 1.807) is 6.20 Å². The Morgan fingerprint density at radius 2 is 2.22 bits per heavy atom. The van der Waals surface area contributed by atoms with Crippen LogP contribution in [0.3, 0.4) is 0 Å². The van der Waals surface area contributed by atoms with Crippen molar-refractivity contribution in [3.05, 3.63) is 52.7 Å². The maximum absolute atomic E-state index is 12.4. The molecule has 0 unspecified atom stereocenters. The summed E-state index contributed by atoms with van der Waals surface area (Å²) in [5.41, 5.74) is 2.78. The first kappa shape index (κ1) is 16.7. The molecule has 0 saturated heterocycles. The Kier molecular flexibility index (Phi) is 5.50. The van der Waals surface area contributed by atoms with E-state index in [0.29, 0.717) is 5.13 Å². The molecule has 118 valence electrons. The number of hydrogen-bond acceptors (Lipinski definition) is 5. The lowest BCUT2D eigenvalue weighted by atomic mass is 9.98. The second-order valence-electron chi connectivity index (χ2n) is 5.30. The van der Waals surface area contributed by atoms with Gasteiger partial charge in [-0.05, 0) is 24.0 Å². The Hall–Kier alpha value is -2.65. The molecule has 23 heavy (non-hydrogen) atoms. The fourth-order valence-corrected chi connectivity index (χ4v) is 2.60. The lowest BCUT2D eigenvalue weighted by Gasteiger charge is -2.16. The number of aromatic nitrogens is 1. The van der Waals surface area contributed by atoms with Crippen molar-refractivity contribution in [1.29, 1.82) is 5.26 Å². The van der Waals surface area contributed by atoms with Gasteiger partial charge in [0.2, 0.25) is 0 Å². The standard InChI is InChI=1S/C17H18N4OS/c1-11(2)14-6-4-5-12(3)15(14)21-16(22)13(9-18)10-20-17-19-7-8-23-17/h4-8,10-11H,1-3H3,(H,19,20)(H,21,22)/b13-10-. The van der Waals surface area contributed by atoms with Gasteiger partial charge in [0.1, 0.15) is 11.6 Å².